The minimum Gasteiger partial charge on any atom is -0.357 e. The second-order valence-electron chi connectivity index (χ2n) is 4.36. The van der Waals surface area contributed by atoms with Crippen LogP contribution in [0.25, 0.3) is 10.2 Å². The molecule has 0 radical (unpaired) electrons. The maximum Gasteiger partial charge on any atom is 0.184 e. The number of nitrogens with two attached hydrogens (primary N) is 1. The molecule has 1 heterocycles. The normalized spacial score (nSPS) is 10.8. The first kappa shape index (κ1) is 12.1. The van der Waals surface area contributed by atoms with Gasteiger partial charge in [0, 0.05) is 13.1 Å². The summed E-state index contributed by atoms with van der Waals surface area (Å²) in [5.41, 5.74) is 9.07. The maximum atomic E-state index is 5.65. The third kappa shape index (κ3) is 2.75. The number of nitrogens with zero attached hydrogens (tertiary/aromatic N) is 1. The summed E-state index contributed by atoms with van der Waals surface area (Å²) in [6, 6.07) is 16.5. The second kappa shape index (κ2) is 5.38. The van der Waals surface area contributed by atoms with Crippen LogP contribution in [0, 0.1) is 0 Å². The summed E-state index contributed by atoms with van der Waals surface area (Å²) in [7, 11) is 0. The number of benzene rings is 2. The van der Waals surface area contributed by atoms with Crippen LogP contribution in [0.5, 0.6) is 0 Å². The van der Waals surface area contributed by atoms with Gasteiger partial charge < -0.3 is 11.1 Å². The van der Waals surface area contributed by atoms with Crippen molar-refractivity contribution in [2.45, 2.75) is 13.1 Å². The molecule has 2 aromatic carbocycles. The topological polar surface area (TPSA) is 50.9 Å². The molecule has 0 bridgehead atoms. The Balaban J connectivity index is 1.74. The van der Waals surface area contributed by atoms with Crippen molar-refractivity contribution in [3.05, 3.63) is 59.7 Å². The van der Waals surface area contributed by atoms with Crippen molar-refractivity contribution in [2.75, 3.05) is 5.32 Å². The Morgan fingerprint density at radius 3 is 2.74 bits per heavy atom. The number of para-hydroxylation sites is 1. The lowest BCUT2D eigenvalue weighted by molar-refractivity contribution is 1.05. The number of hydrogen-bond donors (Lipinski definition) is 2. The molecule has 0 saturated heterocycles. The smallest absolute Gasteiger partial charge is 0.184 e. The zero-order valence-electron chi connectivity index (χ0n) is 10.5. The lowest BCUT2D eigenvalue weighted by Gasteiger charge is -2.04. The molecule has 0 aliphatic carbocycles. The van der Waals surface area contributed by atoms with E-state index in [0.29, 0.717) is 6.54 Å². The van der Waals surface area contributed by atoms with E-state index in [1.165, 1.54) is 10.3 Å². The van der Waals surface area contributed by atoms with Gasteiger partial charge in [0.2, 0.25) is 0 Å². The van der Waals surface area contributed by atoms with Crippen molar-refractivity contribution in [3.63, 3.8) is 0 Å². The molecule has 0 spiro atoms. The summed E-state index contributed by atoms with van der Waals surface area (Å²) in [5.74, 6) is 0. The first-order valence-electron chi connectivity index (χ1n) is 6.22. The fourth-order valence-electron chi connectivity index (χ4n) is 1.99. The van der Waals surface area contributed by atoms with Gasteiger partial charge >= 0.3 is 0 Å². The third-order valence-corrected chi connectivity index (χ3v) is 3.96. The van der Waals surface area contributed by atoms with Crippen LogP contribution in [0.15, 0.2) is 48.5 Å². The molecule has 3 N–H and O–H groups in total. The minimum absolute atomic E-state index is 0.578. The molecule has 0 aliphatic rings. The van der Waals surface area contributed by atoms with Gasteiger partial charge in [-0.2, -0.15) is 0 Å². The van der Waals surface area contributed by atoms with E-state index in [0.717, 1.165) is 22.8 Å². The summed E-state index contributed by atoms with van der Waals surface area (Å²) >= 11 is 1.68. The number of anilines is 1. The van der Waals surface area contributed by atoms with Gasteiger partial charge in [0.1, 0.15) is 0 Å². The first-order chi connectivity index (χ1) is 9.35. The highest BCUT2D eigenvalue weighted by Crippen LogP contribution is 2.25. The average Bonchev–Trinajstić information content (AvgIpc) is 2.88. The van der Waals surface area contributed by atoms with Crippen LogP contribution in [-0.4, -0.2) is 4.98 Å². The number of nitrogens with one attached hydrogen (secondary N) is 1. The summed E-state index contributed by atoms with van der Waals surface area (Å²) in [4.78, 5) is 4.55. The fourth-order valence-corrected chi connectivity index (χ4v) is 2.85. The molecule has 3 nitrogen and oxygen atoms in total. The van der Waals surface area contributed by atoms with Gasteiger partial charge in [0.25, 0.3) is 0 Å². The molecule has 0 amide bonds. The molecular weight excluding hydrogens is 254 g/mol. The summed E-state index contributed by atoms with van der Waals surface area (Å²) in [6.45, 7) is 1.35. The molecule has 3 rings (SSSR count). The highest BCUT2D eigenvalue weighted by atomic mass is 32.1. The van der Waals surface area contributed by atoms with Crippen molar-refractivity contribution in [2.24, 2.45) is 5.73 Å². The fraction of sp³-hybridized carbons (Fsp3) is 0.133. The van der Waals surface area contributed by atoms with Crippen molar-refractivity contribution < 1.29 is 0 Å². The molecule has 0 saturated carbocycles. The van der Waals surface area contributed by atoms with Crippen LogP contribution in [-0.2, 0) is 13.1 Å². The molecule has 96 valence electrons. The van der Waals surface area contributed by atoms with Gasteiger partial charge in [-0.1, -0.05) is 47.7 Å². The van der Waals surface area contributed by atoms with E-state index in [4.69, 9.17) is 5.73 Å². The van der Waals surface area contributed by atoms with Gasteiger partial charge in [0.05, 0.1) is 10.2 Å². The van der Waals surface area contributed by atoms with E-state index in [2.05, 4.69) is 28.5 Å². The highest BCUT2D eigenvalue weighted by Gasteiger charge is 2.02. The number of rotatable bonds is 4. The molecule has 0 atom stereocenters. The molecule has 1 aromatic heterocycles. The quantitative estimate of drug-likeness (QED) is 0.763. The Hall–Kier alpha value is -1.91. The summed E-state index contributed by atoms with van der Waals surface area (Å²) < 4.78 is 1.21. The predicted octanol–water partition coefficient (Wildman–Crippen LogP) is 3.37. The molecule has 19 heavy (non-hydrogen) atoms. The first-order valence-corrected chi connectivity index (χ1v) is 7.04. The largest absolute Gasteiger partial charge is 0.357 e. The van der Waals surface area contributed by atoms with Gasteiger partial charge in [-0.05, 0) is 23.3 Å². The van der Waals surface area contributed by atoms with E-state index in [9.17, 15) is 0 Å². The van der Waals surface area contributed by atoms with Crippen LogP contribution in [0.2, 0.25) is 0 Å². The zero-order valence-corrected chi connectivity index (χ0v) is 11.3. The molecule has 0 unspecified atom stereocenters. The average molecular weight is 269 g/mol. The van der Waals surface area contributed by atoms with Crippen molar-refractivity contribution in [1.29, 1.82) is 0 Å². The van der Waals surface area contributed by atoms with Crippen LogP contribution < -0.4 is 11.1 Å². The Kier molecular flexibility index (Phi) is 3.44. The Bertz CT molecular complexity index is 657. The molecular formula is C15H15N3S. The van der Waals surface area contributed by atoms with Crippen LogP contribution in [0.1, 0.15) is 11.1 Å². The van der Waals surface area contributed by atoms with Crippen LogP contribution >= 0.6 is 11.3 Å². The SMILES string of the molecule is NCc1cccc(CNc2nc3ccccc3s2)c1. The molecule has 4 heteroatoms. The number of thiazole rings is 1. The van der Waals surface area contributed by atoms with Crippen LogP contribution in [0.3, 0.4) is 0 Å². The Labute approximate surface area is 116 Å². The lowest BCUT2D eigenvalue weighted by Crippen LogP contribution is -2.01. The Morgan fingerprint density at radius 1 is 1.05 bits per heavy atom. The standard InChI is InChI=1S/C15H15N3S/c16-9-11-4-3-5-12(8-11)10-17-15-18-13-6-1-2-7-14(13)19-15/h1-8H,9-10,16H2,(H,17,18). The van der Waals surface area contributed by atoms with Gasteiger partial charge in [-0.15, -0.1) is 0 Å². The molecule has 0 fully saturated rings. The molecule has 0 aliphatic heterocycles. The monoisotopic (exact) mass is 269 g/mol. The van der Waals surface area contributed by atoms with Crippen molar-refractivity contribution in [3.8, 4) is 0 Å². The van der Waals surface area contributed by atoms with Crippen molar-refractivity contribution in [1.82, 2.24) is 4.98 Å². The second-order valence-corrected chi connectivity index (χ2v) is 5.40. The van der Waals surface area contributed by atoms with E-state index < -0.39 is 0 Å². The lowest BCUT2D eigenvalue weighted by atomic mass is 10.1. The van der Waals surface area contributed by atoms with E-state index >= 15 is 0 Å². The predicted molar refractivity (Wildman–Crippen MR) is 81.3 cm³/mol. The van der Waals surface area contributed by atoms with Crippen LogP contribution in [0.4, 0.5) is 5.13 Å². The Morgan fingerprint density at radius 2 is 1.89 bits per heavy atom. The van der Waals surface area contributed by atoms with E-state index in [1.807, 2.05) is 30.3 Å². The van der Waals surface area contributed by atoms with E-state index in [-0.39, 0.29) is 0 Å². The summed E-state index contributed by atoms with van der Waals surface area (Å²) in [6.07, 6.45) is 0. The van der Waals surface area contributed by atoms with Gasteiger partial charge in [-0.3, -0.25) is 0 Å². The molecule has 3 aromatic rings. The minimum atomic E-state index is 0.578. The zero-order chi connectivity index (χ0) is 13.1. The maximum absolute atomic E-state index is 5.65. The number of fused-ring (bicyclic) bond motifs is 1. The van der Waals surface area contributed by atoms with Crippen molar-refractivity contribution >= 4 is 26.7 Å². The number of hydrogen-bond acceptors (Lipinski definition) is 4. The van der Waals surface area contributed by atoms with E-state index in [1.54, 1.807) is 11.3 Å². The van der Waals surface area contributed by atoms with Gasteiger partial charge in [0.15, 0.2) is 5.13 Å². The van der Waals surface area contributed by atoms with Gasteiger partial charge in [-0.25, -0.2) is 4.98 Å². The highest BCUT2D eigenvalue weighted by molar-refractivity contribution is 7.22. The number of aromatic nitrogens is 1. The summed E-state index contributed by atoms with van der Waals surface area (Å²) in [5, 5.41) is 4.33. The third-order valence-electron chi connectivity index (χ3n) is 2.96.